The van der Waals surface area contributed by atoms with E-state index in [2.05, 4.69) is 13.8 Å². The summed E-state index contributed by atoms with van der Waals surface area (Å²) >= 11 is 0. The van der Waals surface area contributed by atoms with Gasteiger partial charge in [0, 0.05) is 6.61 Å². The second kappa shape index (κ2) is 9.99. The smallest absolute Gasteiger partial charge is 0.0433 e. The Bertz CT molecular complexity index is 28.9. The molecule has 0 saturated heterocycles. The molecule has 0 bridgehead atoms. The molecule has 3 nitrogen and oxygen atoms in total. The van der Waals surface area contributed by atoms with E-state index in [4.69, 9.17) is 15.6 Å². The SMILES string of the molecule is CC(C)CCO.[O]O. The van der Waals surface area contributed by atoms with Crippen molar-refractivity contribution in [1.29, 1.82) is 0 Å². The predicted molar refractivity (Wildman–Crippen MR) is 29.9 cm³/mol. The van der Waals surface area contributed by atoms with Gasteiger partial charge in [-0.05, 0) is 17.6 Å². The summed E-state index contributed by atoms with van der Waals surface area (Å²) in [6, 6.07) is 0. The van der Waals surface area contributed by atoms with Crippen molar-refractivity contribution in [2.75, 3.05) is 6.61 Å². The highest BCUT2D eigenvalue weighted by Crippen LogP contribution is 1.94. The molecule has 0 rings (SSSR count). The Morgan fingerprint density at radius 2 is 1.75 bits per heavy atom. The molecule has 0 amide bonds. The van der Waals surface area contributed by atoms with E-state index in [-0.39, 0.29) is 0 Å². The number of aliphatic hydroxyl groups is 1. The molecule has 0 fully saturated rings. The van der Waals surface area contributed by atoms with E-state index >= 15 is 0 Å². The molecule has 8 heavy (non-hydrogen) atoms. The van der Waals surface area contributed by atoms with Crippen molar-refractivity contribution in [3.8, 4) is 0 Å². The average molecular weight is 121 g/mol. The van der Waals surface area contributed by atoms with Crippen molar-refractivity contribution >= 4 is 0 Å². The number of hydrogen-bond acceptors (Lipinski definition) is 2. The Morgan fingerprint density at radius 1 is 1.38 bits per heavy atom. The molecule has 1 radical (unpaired) electrons. The van der Waals surface area contributed by atoms with Crippen LogP contribution < -0.4 is 0 Å². The van der Waals surface area contributed by atoms with Crippen LogP contribution in [0.1, 0.15) is 20.3 Å². The summed E-state index contributed by atoms with van der Waals surface area (Å²) < 4.78 is 0. The molecular weight excluding hydrogens is 108 g/mol. The second-order valence-corrected chi connectivity index (χ2v) is 1.91. The van der Waals surface area contributed by atoms with Crippen LogP contribution in [0.5, 0.6) is 0 Å². The van der Waals surface area contributed by atoms with Gasteiger partial charge in [0.2, 0.25) is 0 Å². The first-order valence-corrected chi connectivity index (χ1v) is 2.56. The van der Waals surface area contributed by atoms with Gasteiger partial charge in [0.1, 0.15) is 0 Å². The van der Waals surface area contributed by atoms with Crippen molar-refractivity contribution in [2.24, 2.45) is 5.92 Å². The predicted octanol–water partition coefficient (Wildman–Crippen LogP) is 0.915. The molecule has 3 heteroatoms. The molecule has 0 aromatic heterocycles. The third-order valence-corrected chi connectivity index (χ3v) is 0.706. The standard InChI is InChI=1S/C5H12O.HO2/c1-5(2)3-4-6;1-2/h5-6H,3-4H2,1-2H3;1H. The zero-order valence-electron chi connectivity index (χ0n) is 5.29. The van der Waals surface area contributed by atoms with E-state index in [1.807, 2.05) is 0 Å². The van der Waals surface area contributed by atoms with Crippen LogP contribution in [-0.4, -0.2) is 17.0 Å². The number of aliphatic hydroxyl groups excluding tert-OH is 1. The summed E-state index contributed by atoms with van der Waals surface area (Å²) in [6.45, 7) is 4.52. The first-order valence-electron chi connectivity index (χ1n) is 2.56. The van der Waals surface area contributed by atoms with Crippen molar-refractivity contribution in [3.63, 3.8) is 0 Å². The Kier molecular flexibility index (Phi) is 13.5. The van der Waals surface area contributed by atoms with Gasteiger partial charge in [0.15, 0.2) is 0 Å². The zero-order chi connectivity index (χ0) is 6.99. The number of rotatable bonds is 2. The van der Waals surface area contributed by atoms with E-state index in [0.717, 1.165) is 6.42 Å². The van der Waals surface area contributed by atoms with E-state index in [1.165, 1.54) is 0 Å². The third kappa shape index (κ3) is 16.9. The van der Waals surface area contributed by atoms with E-state index in [0.29, 0.717) is 12.5 Å². The highest BCUT2D eigenvalue weighted by Gasteiger charge is 1.86. The van der Waals surface area contributed by atoms with Crippen LogP contribution in [-0.2, 0) is 5.26 Å². The maximum absolute atomic E-state index is 8.24. The highest BCUT2D eigenvalue weighted by atomic mass is 17.0. The highest BCUT2D eigenvalue weighted by molar-refractivity contribution is 4.38. The van der Waals surface area contributed by atoms with Crippen molar-refractivity contribution < 1.29 is 15.6 Å². The summed E-state index contributed by atoms with van der Waals surface area (Å²) in [7, 11) is 0. The van der Waals surface area contributed by atoms with E-state index in [1.54, 1.807) is 0 Å². The van der Waals surface area contributed by atoms with Gasteiger partial charge in [-0.2, -0.15) is 0 Å². The molecule has 0 unspecified atom stereocenters. The van der Waals surface area contributed by atoms with Crippen LogP contribution in [0.4, 0.5) is 0 Å². The molecule has 0 saturated carbocycles. The molecule has 0 heterocycles. The lowest BCUT2D eigenvalue weighted by molar-refractivity contribution is -0.247. The quantitative estimate of drug-likeness (QED) is 0.421. The van der Waals surface area contributed by atoms with Gasteiger partial charge in [-0.25, -0.2) is 5.26 Å². The average Bonchev–Trinajstić information content (AvgIpc) is 1.72. The van der Waals surface area contributed by atoms with E-state index < -0.39 is 0 Å². The number of hydrogen-bond donors (Lipinski definition) is 2. The maximum Gasteiger partial charge on any atom is 0.0433 e. The minimum absolute atomic E-state index is 0.331. The zero-order valence-corrected chi connectivity index (χ0v) is 5.29. The first kappa shape index (κ1) is 10.8. The van der Waals surface area contributed by atoms with Gasteiger partial charge in [-0.15, -0.1) is 0 Å². The Balaban J connectivity index is 0. The van der Waals surface area contributed by atoms with Gasteiger partial charge in [0.25, 0.3) is 0 Å². The van der Waals surface area contributed by atoms with Gasteiger partial charge >= 0.3 is 0 Å². The lowest BCUT2D eigenvalue weighted by atomic mass is 10.2. The molecular formula is C5H13O3. The lowest BCUT2D eigenvalue weighted by Crippen LogP contribution is -1.89. The molecule has 51 valence electrons. The lowest BCUT2D eigenvalue weighted by Gasteiger charge is -1.95. The van der Waals surface area contributed by atoms with Crippen LogP contribution in [0.3, 0.4) is 0 Å². The molecule has 0 aliphatic heterocycles. The first-order chi connectivity index (χ1) is 3.77. The topological polar surface area (TPSA) is 60.4 Å². The van der Waals surface area contributed by atoms with Gasteiger partial charge in [-0.3, -0.25) is 0 Å². The molecule has 0 aromatic carbocycles. The van der Waals surface area contributed by atoms with Crippen molar-refractivity contribution in [1.82, 2.24) is 0 Å². The van der Waals surface area contributed by atoms with E-state index in [9.17, 15) is 0 Å². The summed E-state index contributed by atoms with van der Waals surface area (Å²) in [6.07, 6.45) is 0.931. The molecule has 0 aliphatic carbocycles. The van der Waals surface area contributed by atoms with Crippen molar-refractivity contribution in [2.45, 2.75) is 20.3 Å². The summed E-state index contributed by atoms with van der Waals surface area (Å²) in [5, 5.41) is 21.2. The van der Waals surface area contributed by atoms with Gasteiger partial charge < -0.3 is 5.11 Å². The second-order valence-electron chi connectivity index (χ2n) is 1.91. The Morgan fingerprint density at radius 3 is 1.75 bits per heavy atom. The Hall–Kier alpha value is -0.120. The normalized spacial score (nSPS) is 8.25. The fraction of sp³-hybridized carbons (Fsp3) is 1.00. The fourth-order valence-corrected chi connectivity index (χ4v) is 0.258. The minimum Gasteiger partial charge on any atom is -0.396 e. The summed E-state index contributed by atoms with van der Waals surface area (Å²) in [5.74, 6) is 0.648. The Labute approximate surface area is 49.5 Å². The largest absolute Gasteiger partial charge is 0.396 e. The molecule has 0 aliphatic rings. The van der Waals surface area contributed by atoms with Crippen LogP contribution in [0.15, 0.2) is 0 Å². The monoisotopic (exact) mass is 121 g/mol. The van der Waals surface area contributed by atoms with Crippen LogP contribution in [0.25, 0.3) is 0 Å². The van der Waals surface area contributed by atoms with Gasteiger partial charge in [-0.1, -0.05) is 13.8 Å². The third-order valence-electron chi connectivity index (χ3n) is 0.706. The fourth-order valence-electron chi connectivity index (χ4n) is 0.258. The molecule has 0 spiro atoms. The van der Waals surface area contributed by atoms with Crippen LogP contribution in [0.2, 0.25) is 0 Å². The molecule has 0 aromatic rings. The van der Waals surface area contributed by atoms with Crippen molar-refractivity contribution in [3.05, 3.63) is 0 Å². The van der Waals surface area contributed by atoms with Crippen LogP contribution >= 0.6 is 0 Å². The minimum atomic E-state index is 0.331. The van der Waals surface area contributed by atoms with Crippen LogP contribution in [0, 0.1) is 5.92 Å². The summed E-state index contributed by atoms with van der Waals surface area (Å²) in [4.78, 5) is 0. The van der Waals surface area contributed by atoms with Gasteiger partial charge in [0.05, 0.1) is 0 Å². The maximum atomic E-state index is 8.24. The molecule has 0 atom stereocenters. The molecule has 2 N–H and O–H groups in total. The summed E-state index contributed by atoms with van der Waals surface area (Å²) in [5.41, 5.74) is 0.